The van der Waals surface area contributed by atoms with Crippen LogP contribution in [0.5, 0.6) is 17.4 Å². The van der Waals surface area contributed by atoms with Crippen LogP contribution in [0.25, 0.3) is 5.65 Å². The fourth-order valence-corrected chi connectivity index (χ4v) is 2.64. The van der Waals surface area contributed by atoms with Crippen molar-refractivity contribution in [1.29, 1.82) is 0 Å². The number of nitrogens with zero attached hydrogens (tertiary/aromatic N) is 2. The maximum Gasteiger partial charge on any atom is 0.252 e. The molecular weight excluding hydrogens is 270 g/mol. The minimum absolute atomic E-state index is 0.0744. The van der Waals surface area contributed by atoms with E-state index in [1.54, 1.807) is 28.7 Å². The van der Waals surface area contributed by atoms with Gasteiger partial charge in [0.1, 0.15) is 0 Å². The van der Waals surface area contributed by atoms with Gasteiger partial charge in [-0.2, -0.15) is 4.98 Å². The van der Waals surface area contributed by atoms with E-state index in [-0.39, 0.29) is 5.75 Å². The summed E-state index contributed by atoms with van der Waals surface area (Å²) >= 11 is 0. The number of nitrogens with two attached hydrogens (primary N) is 1. The molecule has 6 nitrogen and oxygen atoms in total. The first-order chi connectivity index (χ1) is 10.1. The highest BCUT2D eigenvalue weighted by Crippen LogP contribution is 2.41. The van der Waals surface area contributed by atoms with E-state index in [0.717, 1.165) is 11.3 Å². The number of amides is 1. The van der Waals surface area contributed by atoms with Gasteiger partial charge in [-0.15, -0.1) is 0 Å². The van der Waals surface area contributed by atoms with E-state index in [0.29, 0.717) is 29.3 Å². The topological polar surface area (TPSA) is 89.9 Å². The number of phenolic OH excluding ortho intramolecular Hbond substituents is 1. The van der Waals surface area contributed by atoms with Gasteiger partial charge in [0.2, 0.25) is 5.88 Å². The predicted octanol–water partition coefficient (Wildman–Crippen LogP) is 1.84. The molecule has 1 aliphatic heterocycles. The summed E-state index contributed by atoms with van der Waals surface area (Å²) in [6.07, 6.45) is 2.37. The molecule has 3 aromatic rings. The van der Waals surface area contributed by atoms with Gasteiger partial charge in [0, 0.05) is 18.2 Å². The Morgan fingerprint density at radius 1 is 1.33 bits per heavy atom. The largest absolute Gasteiger partial charge is 0.504 e. The average Bonchev–Trinajstić information content (AvgIpc) is 2.83. The first-order valence-electron chi connectivity index (χ1n) is 6.43. The number of benzene rings is 1. The van der Waals surface area contributed by atoms with E-state index >= 15 is 0 Å². The molecule has 3 heterocycles. The highest BCUT2D eigenvalue weighted by Gasteiger charge is 2.25. The lowest BCUT2D eigenvalue weighted by Gasteiger charge is -2.17. The minimum Gasteiger partial charge on any atom is -0.504 e. The van der Waals surface area contributed by atoms with Gasteiger partial charge in [-0.3, -0.25) is 9.20 Å². The Kier molecular flexibility index (Phi) is 2.24. The van der Waals surface area contributed by atoms with Gasteiger partial charge in [0.05, 0.1) is 11.3 Å². The van der Waals surface area contributed by atoms with Crippen molar-refractivity contribution in [2.75, 3.05) is 0 Å². The Labute approximate surface area is 119 Å². The predicted molar refractivity (Wildman–Crippen MR) is 74.7 cm³/mol. The number of phenols is 1. The number of hydrogen-bond acceptors (Lipinski definition) is 4. The molecule has 3 N–H and O–H groups in total. The van der Waals surface area contributed by atoms with Gasteiger partial charge in [-0.25, -0.2) is 0 Å². The number of fused-ring (bicyclic) bond motifs is 4. The summed E-state index contributed by atoms with van der Waals surface area (Å²) in [7, 11) is 0. The first-order valence-corrected chi connectivity index (χ1v) is 6.43. The van der Waals surface area contributed by atoms with Crippen LogP contribution < -0.4 is 10.5 Å². The lowest BCUT2D eigenvalue weighted by atomic mass is 10.1. The lowest BCUT2D eigenvalue weighted by Crippen LogP contribution is -2.12. The Hall–Kier alpha value is -3.02. The second-order valence-corrected chi connectivity index (χ2v) is 4.89. The summed E-state index contributed by atoms with van der Waals surface area (Å²) in [6.45, 7) is 0. The summed E-state index contributed by atoms with van der Waals surface area (Å²) in [5, 5.41) is 9.87. The molecule has 0 aliphatic carbocycles. The van der Waals surface area contributed by atoms with Crippen LogP contribution >= 0.6 is 0 Å². The van der Waals surface area contributed by atoms with Gasteiger partial charge < -0.3 is 15.6 Å². The molecule has 0 unspecified atom stereocenters. The average molecular weight is 281 g/mol. The number of carbonyl (C=O) groups is 1. The van der Waals surface area contributed by atoms with Crippen molar-refractivity contribution in [3.63, 3.8) is 0 Å². The Bertz CT molecular complexity index is 899. The number of primary amides is 1. The SMILES string of the molecule is NC(=O)c1cccn2c3c(nc12)Oc1c(O)cccc1C3. The number of imidazole rings is 1. The zero-order valence-corrected chi connectivity index (χ0v) is 10.9. The molecule has 2 aromatic heterocycles. The quantitative estimate of drug-likeness (QED) is 0.557. The number of rotatable bonds is 1. The molecule has 0 bridgehead atoms. The van der Waals surface area contributed by atoms with Crippen molar-refractivity contribution >= 4 is 11.6 Å². The van der Waals surface area contributed by atoms with Crippen LogP contribution in [0.2, 0.25) is 0 Å². The number of aromatic hydroxyl groups is 1. The molecule has 21 heavy (non-hydrogen) atoms. The Morgan fingerprint density at radius 2 is 2.19 bits per heavy atom. The molecular formula is C15H11N3O3. The maximum absolute atomic E-state index is 11.5. The van der Waals surface area contributed by atoms with E-state index in [4.69, 9.17) is 10.5 Å². The molecule has 0 saturated heterocycles. The molecule has 0 saturated carbocycles. The van der Waals surface area contributed by atoms with Gasteiger partial charge in [-0.1, -0.05) is 12.1 Å². The maximum atomic E-state index is 11.5. The lowest BCUT2D eigenvalue weighted by molar-refractivity contribution is 0.100. The fourth-order valence-electron chi connectivity index (χ4n) is 2.64. The van der Waals surface area contributed by atoms with E-state index in [1.807, 2.05) is 12.3 Å². The summed E-state index contributed by atoms with van der Waals surface area (Å²) in [5.74, 6) is 0.334. The van der Waals surface area contributed by atoms with Crippen molar-refractivity contribution in [3.8, 4) is 17.4 Å². The second-order valence-electron chi connectivity index (χ2n) is 4.89. The van der Waals surface area contributed by atoms with Gasteiger partial charge >= 0.3 is 0 Å². The minimum atomic E-state index is -0.539. The third-order valence-corrected chi connectivity index (χ3v) is 3.61. The normalized spacial score (nSPS) is 12.6. The number of para-hydroxylation sites is 1. The second kappa shape index (κ2) is 3.99. The standard InChI is InChI=1S/C15H11N3O3/c16-13(20)9-4-2-6-18-10-7-8-3-1-5-11(19)12(8)21-15(10)17-14(9)18/h1-6,19H,7H2,(H2,16,20). The number of carbonyl (C=O) groups excluding carboxylic acids is 1. The van der Waals surface area contributed by atoms with Crippen molar-refractivity contribution < 1.29 is 14.6 Å². The Balaban J connectivity index is 1.97. The molecule has 1 aliphatic rings. The molecule has 0 atom stereocenters. The van der Waals surface area contributed by atoms with Crippen molar-refractivity contribution in [2.45, 2.75) is 6.42 Å². The number of aromatic nitrogens is 2. The van der Waals surface area contributed by atoms with E-state index in [2.05, 4.69) is 4.98 Å². The highest BCUT2D eigenvalue weighted by atomic mass is 16.5. The molecule has 1 aromatic carbocycles. The fraction of sp³-hybridized carbons (Fsp3) is 0.0667. The van der Waals surface area contributed by atoms with E-state index in [9.17, 15) is 9.90 Å². The third kappa shape index (κ3) is 1.59. The number of pyridine rings is 1. The number of ether oxygens (including phenoxy) is 1. The number of hydrogen-bond donors (Lipinski definition) is 2. The first kappa shape index (κ1) is 11.8. The van der Waals surface area contributed by atoms with Crippen molar-refractivity contribution in [3.05, 3.63) is 53.3 Å². The molecule has 0 spiro atoms. The van der Waals surface area contributed by atoms with Crippen molar-refractivity contribution in [2.24, 2.45) is 5.73 Å². The van der Waals surface area contributed by atoms with Crippen molar-refractivity contribution in [1.82, 2.24) is 9.38 Å². The summed E-state index contributed by atoms with van der Waals surface area (Å²) in [5.41, 5.74) is 7.86. The summed E-state index contributed by atoms with van der Waals surface area (Å²) < 4.78 is 7.49. The van der Waals surface area contributed by atoms with Crippen LogP contribution in [-0.2, 0) is 6.42 Å². The zero-order chi connectivity index (χ0) is 14.6. The van der Waals surface area contributed by atoms with Crippen LogP contribution in [0.3, 0.4) is 0 Å². The Morgan fingerprint density at radius 3 is 3.00 bits per heavy atom. The smallest absolute Gasteiger partial charge is 0.252 e. The van der Waals surface area contributed by atoms with Gasteiger partial charge in [0.15, 0.2) is 17.1 Å². The van der Waals surface area contributed by atoms with Gasteiger partial charge in [-0.05, 0) is 18.2 Å². The third-order valence-electron chi connectivity index (χ3n) is 3.61. The van der Waals surface area contributed by atoms with E-state index < -0.39 is 5.91 Å². The molecule has 6 heteroatoms. The van der Waals surface area contributed by atoms with Crippen LogP contribution in [0, 0.1) is 0 Å². The zero-order valence-electron chi connectivity index (χ0n) is 10.9. The molecule has 1 amide bonds. The molecule has 4 rings (SSSR count). The summed E-state index contributed by atoms with van der Waals surface area (Å²) in [4.78, 5) is 15.8. The van der Waals surface area contributed by atoms with E-state index in [1.165, 1.54) is 0 Å². The summed E-state index contributed by atoms with van der Waals surface area (Å²) in [6, 6.07) is 8.58. The van der Waals surface area contributed by atoms with Gasteiger partial charge in [0.25, 0.3) is 5.91 Å². The van der Waals surface area contributed by atoms with Crippen LogP contribution in [0.1, 0.15) is 21.6 Å². The van der Waals surface area contributed by atoms with Crippen LogP contribution in [0.4, 0.5) is 0 Å². The molecule has 0 radical (unpaired) electrons. The van der Waals surface area contributed by atoms with Crippen LogP contribution in [0.15, 0.2) is 36.5 Å². The molecule has 0 fully saturated rings. The molecule has 104 valence electrons. The van der Waals surface area contributed by atoms with Crippen LogP contribution in [-0.4, -0.2) is 20.4 Å². The monoisotopic (exact) mass is 281 g/mol. The highest BCUT2D eigenvalue weighted by molar-refractivity contribution is 5.98.